The fourth-order valence-electron chi connectivity index (χ4n) is 3.33. The third-order valence-electron chi connectivity index (χ3n) is 4.63. The van der Waals surface area contributed by atoms with Crippen molar-refractivity contribution in [3.05, 3.63) is 29.8 Å². The molecule has 1 aromatic carbocycles. The second-order valence-electron chi connectivity index (χ2n) is 6.60. The van der Waals surface area contributed by atoms with E-state index in [9.17, 15) is 0 Å². The Morgan fingerprint density at radius 1 is 1.45 bits per heavy atom. The molecule has 3 rings (SSSR count). The standard InChI is InChI=1S/C18H27N3O/c1-3-22-15-8-4-7-14(10-15)16-11-17(16)20-18(19)21-9-5-6-13(2)12-21/h4,7-8,10,13,16-17H,3,5-6,9,11-12H2,1-2H3,(H2,19,20)/t13?,16-,17+/m0/s1. The van der Waals surface area contributed by atoms with Crippen LogP contribution in [0.3, 0.4) is 0 Å². The number of aliphatic imine (C=N–C) groups is 1. The van der Waals surface area contributed by atoms with Crippen LogP contribution in [0.25, 0.3) is 0 Å². The van der Waals surface area contributed by atoms with Crippen molar-refractivity contribution < 1.29 is 4.74 Å². The summed E-state index contributed by atoms with van der Waals surface area (Å²) >= 11 is 0. The van der Waals surface area contributed by atoms with E-state index in [1.807, 2.05) is 13.0 Å². The second-order valence-corrected chi connectivity index (χ2v) is 6.60. The van der Waals surface area contributed by atoms with Gasteiger partial charge in [-0.15, -0.1) is 0 Å². The number of hydrogen-bond donors (Lipinski definition) is 1. The molecule has 1 aromatic rings. The summed E-state index contributed by atoms with van der Waals surface area (Å²) in [6.45, 7) is 7.11. The van der Waals surface area contributed by atoms with Crippen LogP contribution >= 0.6 is 0 Å². The Morgan fingerprint density at radius 2 is 2.32 bits per heavy atom. The summed E-state index contributed by atoms with van der Waals surface area (Å²) in [6.07, 6.45) is 3.63. The lowest BCUT2D eigenvalue weighted by molar-refractivity contribution is 0.270. The second kappa shape index (κ2) is 6.59. The number of guanidine groups is 1. The molecule has 1 saturated carbocycles. The lowest BCUT2D eigenvalue weighted by Gasteiger charge is -2.31. The first-order valence-corrected chi connectivity index (χ1v) is 8.48. The number of ether oxygens (including phenoxy) is 1. The first kappa shape index (κ1) is 15.2. The zero-order chi connectivity index (χ0) is 15.5. The maximum atomic E-state index is 6.22. The largest absolute Gasteiger partial charge is 0.494 e. The number of hydrogen-bond acceptors (Lipinski definition) is 2. The van der Waals surface area contributed by atoms with Crippen molar-refractivity contribution in [1.29, 1.82) is 0 Å². The number of nitrogens with two attached hydrogens (primary N) is 1. The highest BCUT2D eigenvalue weighted by Crippen LogP contribution is 2.44. The van der Waals surface area contributed by atoms with Crippen LogP contribution in [0, 0.1) is 5.92 Å². The number of rotatable bonds is 4. The molecule has 2 aliphatic rings. The highest BCUT2D eigenvalue weighted by Gasteiger charge is 2.39. The molecule has 2 fully saturated rings. The Morgan fingerprint density at radius 3 is 3.09 bits per heavy atom. The van der Waals surface area contributed by atoms with Crippen molar-refractivity contribution in [2.45, 2.75) is 45.1 Å². The molecule has 0 spiro atoms. The van der Waals surface area contributed by atoms with E-state index in [1.165, 1.54) is 18.4 Å². The summed E-state index contributed by atoms with van der Waals surface area (Å²) in [4.78, 5) is 7.01. The third kappa shape index (κ3) is 3.54. The molecular formula is C18H27N3O. The maximum absolute atomic E-state index is 6.22. The van der Waals surface area contributed by atoms with E-state index in [0.717, 1.165) is 37.1 Å². The van der Waals surface area contributed by atoms with E-state index < -0.39 is 0 Å². The van der Waals surface area contributed by atoms with Gasteiger partial charge < -0.3 is 15.4 Å². The van der Waals surface area contributed by atoms with Crippen LogP contribution in [0.2, 0.25) is 0 Å². The van der Waals surface area contributed by atoms with Crippen molar-refractivity contribution in [3.8, 4) is 5.75 Å². The first-order chi connectivity index (χ1) is 10.7. The average Bonchev–Trinajstić information content (AvgIpc) is 3.27. The van der Waals surface area contributed by atoms with Gasteiger partial charge >= 0.3 is 0 Å². The van der Waals surface area contributed by atoms with Crippen molar-refractivity contribution in [2.75, 3.05) is 19.7 Å². The number of likely N-dealkylation sites (tertiary alicyclic amines) is 1. The quantitative estimate of drug-likeness (QED) is 0.687. The van der Waals surface area contributed by atoms with Gasteiger partial charge in [-0.1, -0.05) is 19.1 Å². The highest BCUT2D eigenvalue weighted by molar-refractivity contribution is 5.78. The Bertz CT molecular complexity index is 543. The van der Waals surface area contributed by atoms with Crippen LogP contribution < -0.4 is 10.5 Å². The minimum absolute atomic E-state index is 0.342. The zero-order valence-corrected chi connectivity index (χ0v) is 13.7. The van der Waals surface area contributed by atoms with Gasteiger partial charge in [-0.3, -0.25) is 0 Å². The van der Waals surface area contributed by atoms with Crippen LogP contribution in [0.4, 0.5) is 0 Å². The predicted octanol–water partition coefficient (Wildman–Crippen LogP) is 2.99. The van der Waals surface area contributed by atoms with Gasteiger partial charge in [0.2, 0.25) is 0 Å². The molecule has 3 atom stereocenters. The molecule has 0 bridgehead atoms. The number of benzene rings is 1. The van der Waals surface area contributed by atoms with Gasteiger partial charge in [0.15, 0.2) is 5.96 Å². The van der Waals surface area contributed by atoms with E-state index in [1.54, 1.807) is 0 Å². The minimum atomic E-state index is 0.342. The summed E-state index contributed by atoms with van der Waals surface area (Å²) in [7, 11) is 0. The van der Waals surface area contributed by atoms with Crippen molar-refractivity contribution in [2.24, 2.45) is 16.6 Å². The molecule has 4 heteroatoms. The smallest absolute Gasteiger partial charge is 0.191 e. The molecule has 1 aliphatic heterocycles. The Balaban J connectivity index is 1.61. The molecule has 4 nitrogen and oxygen atoms in total. The van der Waals surface area contributed by atoms with E-state index in [4.69, 9.17) is 15.5 Å². The molecule has 1 saturated heterocycles. The molecule has 0 aromatic heterocycles. The van der Waals surface area contributed by atoms with Crippen LogP contribution in [0.5, 0.6) is 5.75 Å². The zero-order valence-electron chi connectivity index (χ0n) is 13.7. The normalized spacial score (nSPS) is 28.5. The maximum Gasteiger partial charge on any atom is 0.191 e. The predicted molar refractivity (Wildman–Crippen MR) is 90.4 cm³/mol. The van der Waals surface area contributed by atoms with E-state index >= 15 is 0 Å². The summed E-state index contributed by atoms with van der Waals surface area (Å²) < 4.78 is 5.58. The van der Waals surface area contributed by atoms with E-state index in [-0.39, 0.29) is 0 Å². The monoisotopic (exact) mass is 301 g/mol. The van der Waals surface area contributed by atoms with Gasteiger partial charge in [-0.25, -0.2) is 4.99 Å². The summed E-state index contributed by atoms with van der Waals surface area (Å²) in [5.41, 5.74) is 7.54. The highest BCUT2D eigenvalue weighted by atomic mass is 16.5. The fourth-order valence-corrected chi connectivity index (χ4v) is 3.33. The molecule has 1 heterocycles. The topological polar surface area (TPSA) is 50.9 Å². The molecule has 0 radical (unpaired) electrons. The Labute approximate surface area is 133 Å². The number of nitrogens with zero attached hydrogens (tertiary/aromatic N) is 2. The summed E-state index contributed by atoms with van der Waals surface area (Å²) in [5.74, 6) is 2.91. The molecule has 2 N–H and O–H groups in total. The van der Waals surface area contributed by atoms with Crippen molar-refractivity contribution >= 4 is 5.96 Å². The molecular weight excluding hydrogens is 274 g/mol. The fraction of sp³-hybridized carbons (Fsp3) is 0.611. The van der Waals surface area contributed by atoms with E-state index in [2.05, 4.69) is 30.0 Å². The van der Waals surface area contributed by atoms with Crippen LogP contribution in [0.15, 0.2) is 29.3 Å². The molecule has 0 amide bonds. The van der Waals surface area contributed by atoms with Crippen LogP contribution in [-0.4, -0.2) is 36.6 Å². The Kier molecular flexibility index (Phi) is 4.55. The lowest BCUT2D eigenvalue weighted by Crippen LogP contribution is -2.43. The molecule has 1 unspecified atom stereocenters. The summed E-state index contributed by atoms with van der Waals surface area (Å²) in [6, 6.07) is 8.73. The van der Waals surface area contributed by atoms with Crippen molar-refractivity contribution in [1.82, 2.24) is 4.90 Å². The van der Waals surface area contributed by atoms with E-state index in [0.29, 0.717) is 18.6 Å². The van der Waals surface area contributed by atoms with Gasteiger partial charge in [0.25, 0.3) is 0 Å². The first-order valence-electron chi connectivity index (χ1n) is 8.48. The van der Waals surface area contributed by atoms with Crippen LogP contribution in [0.1, 0.15) is 44.6 Å². The third-order valence-corrected chi connectivity index (χ3v) is 4.63. The van der Waals surface area contributed by atoms with Crippen molar-refractivity contribution in [3.63, 3.8) is 0 Å². The molecule has 22 heavy (non-hydrogen) atoms. The van der Waals surface area contributed by atoms with Gasteiger partial charge in [0.1, 0.15) is 5.75 Å². The SMILES string of the molecule is CCOc1cccc([C@@H]2C[C@H]2N=C(N)N2CCCC(C)C2)c1. The lowest BCUT2D eigenvalue weighted by atomic mass is 10.0. The number of piperidine rings is 1. The van der Waals surface area contributed by atoms with Crippen LogP contribution in [-0.2, 0) is 0 Å². The van der Waals surface area contributed by atoms with Gasteiger partial charge in [-0.05, 0) is 49.8 Å². The molecule has 1 aliphatic carbocycles. The average molecular weight is 301 g/mol. The summed E-state index contributed by atoms with van der Waals surface area (Å²) in [5, 5.41) is 0. The molecule has 120 valence electrons. The Hall–Kier alpha value is -1.71. The van der Waals surface area contributed by atoms with Gasteiger partial charge in [0.05, 0.1) is 12.6 Å². The van der Waals surface area contributed by atoms with Gasteiger partial charge in [0, 0.05) is 19.0 Å². The minimum Gasteiger partial charge on any atom is -0.494 e. The van der Waals surface area contributed by atoms with Gasteiger partial charge in [-0.2, -0.15) is 0 Å².